The van der Waals surface area contributed by atoms with Gasteiger partial charge in [0.05, 0.1) is 0 Å². The fourth-order valence-electron chi connectivity index (χ4n) is 1.63. The lowest BCUT2D eigenvalue weighted by atomic mass is 9.92. The quantitative estimate of drug-likeness (QED) is 0.641. The molecular formula is C12H17Cl. The van der Waals surface area contributed by atoms with Crippen molar-refractivity contribution < 1.29 is 0 Å². The second-order valence-corrected chi connectivity index (χ2v) is 4.05. The molecule has 0 amide bonds. The highest BCUT2D eigenvalue weighted by atomic mass is 35.5. The van der Waals surface area contributed by atoms with Gasteiger partial charge in [-0.05, 0) is 42.9 Å². The number of hydrogen-bond donors (Lipinski definition) is 0. The molecule has 1 atom stereocenters. The minimum Gasteiger partial charge on any atom is -0.127 e. The van der Waals surface area contributed by atoms with Crippen molar-refractivity contribution in [2.45, 2.75) is 33.1 Å². The topological polar surface area (TPSA) is 0 Å². The van der Waals surface area contributed by atoms with Crippen LogP contribution in [-0.4, -0.2) is 5.88 Å². The zero-order valence-corrected chi connectivity index (χ0v) is 9.36. The maximum Gasteiger partial charge on any atom is 0.0229 e. The molecule has 1 aromatic rings. The molecule has 0 nitrogen and oxygen atoms in total. The summed E-state index contributed by atoms with van der Waals surface area (Å²) in [5, 5.41) is 0. The third-order valence-electron chi connectivity index (χ3n) is 2.72. The van der Waals surface area contributed by atoms with E-state index in [0.29, 0.717) is 5.92 Å². The Morgan fingerprint density at radius 2 is 2.00 bits per heavy atom. The normalized spacial score (nSPS) is 12.9. The van der Waals surface area contributed by atoms with E-state index in [1.807, 2.05) is 0 Å². The molecule has 0 aliphatic rings. The van der Waals surface area contributed by atoms with Gasteiger partial charge in [-0.15, -0.1) is 11.6 Å². The lowest BCUT2D eigenvalue weighted by molar-refractivity contribution is 0.731. The van der Waals surface area contributed by atoms with Gasteiger partial charge < -0.3 is 0 Å². The summed E-state index contributed by atoms with van der Waals surface area (Å²) in [6, 6.07) is 6.49. The van der Waals surface area contributed by atoms with Crippen LogP contribution in [0, 0.1) is 13.8 Å². The highest BCUT2D eigenvalue weighted by molar-refractivity contribution is 6.17. The monoisotopic (exact) mass is 196 g/mol. The molecule has 0 saturated carbocycles. The molecule has 1 rings (SSSR count). The summed E-state index contributed by atoms with van der Waals surface area (Å²) in [4.78, 5) is 0. The summed E-state index contributed by atoms with van der Waals surface area (Å²) in [5.74, 6) is 1.33. The van der Waals surface area contributed by atoms with Crippen LogP contribution < -0.4 is 0 Å². The van der Waals surface area contributed by atoms with Crippen LogP contribution in [0.4, 0.5) is 0 Å². The Kier molecular flexibility index (Phi) is 3.80. The van der Waals surface area contributed by atoms with Gasteiger partial charge >= 0.3 is 0 Å². The van der Waals surface area contributed by atoms with Crippen molar-refractivity contribution in [1.29, 1.82) is 0 Å². The number of halogens is 1. The lowest BCUT2D eigenvalue weighted by Crippen LogP contribution is -1.98. The Hall–Kier alpha value is -0.490. The minimum atomic E-state index is 0.581. The Morgan fingerprint density at radius 1 is 1.31 bits per heavy atom. The van der Waals surface area contributed by atoms with Crippen molar-refractivity contribution in [2.75, 3.05) is 5.88 Å². The SMILES string of the molecule is Cc1cccc(C(C)CCCl)c1C. The first kappa shape index (κ1) is 10.6. The third-order valence-corrected chi connectivity index (χ3v) is 2.94. The van der Waals surface area contributed by atoms with E-state index >= 15 is 0 Å². The number of aryl methyl sites for hydroxylation is 1. The fourth-order valence-corrected chi connectivity index (χ4v) is 1.95. The molecule has 0 N–H and O–H groups in total. The molecule has 1 unspecified atom stereocenters. The van der Waals surface area contributed by atoms with Crippen molar-refractivity contribution >= 4 is 11.6 Å². The third kappa shape index (κ3) is 2.47. The van der Waals surface area contributed by atoms with Gasteiger partial charge in [-0.1, -0.05) is 25.1 Å². The Bertz CT molecular complexity index is 278. The number of hydrogen-bond acceptors (Lipinski definition) is 0. The second kappa shape index (κ2) is 4.66. The standard InChI is InChI=1S/C12H17Cl/c1-9-5-4-6-12(11(9)3)10(2)7-8-13/h4-6,10H,7-8H2,1-3H3. The second-order valence-electron chi connectivity index (χ2n) is 3.67. The van der Waals surface area contributed by atoms with E-state index in [9.17, 15) is 0 Å². The lowest BCUT2D eigenvalue weighted by Gasteiger charge is -2.14. The number of rotatable bonds is 3. The molecule has 72 valence electrons. The maximum atomic E-state index is 5.74. The van der Waals surface area contributed by atoms with Crippen LogP contribution in [0.3, 0.4) is 0 Å². The van der Waals surface area contributed by atoms with Gasteiger partial charge in [0.2, 0.25) is 0 Å². The summed E-state index contributed by atoms with van der Waals surface area (Å²) < 4.78 is 0. The van der Waals surface area contributed by atoms with E-state index < -0.39 is 0 Å². The molecule has 0 aromatic heterocycles. The van der Waals surface area contributed by atoms with Crippen molar-refractivity contribution in [3.63, 3.8) is 0 Å². The van der Waals surface area contributed by atoms with Crippen molar-refractivity contribution in [3.8, 4) is 0 Å². The summed E-state index contributed by atoms with van der Waals surface area (Å²) in [6.07, 6.45) is 1.06. The molecule has 0 fully saturated rings. The molecule has 0 aliphatic heterocycles. The minimum absolute atomic E-state index is 0.581. The van der Waals surface area contributed by atoms with E-state index in [1.54, 1.807) is 0 Å². The van der Waals surface area contributed by atoms with Gasteiger partial charge in [-0.25, -0.2) is 0 Å². The highest BCUT2D eigenvalue weighted by Crippen LogP contribution is 2.24. The average molecular weight is 197 g/mol. The van der Waals surface area contributed by atoms with E-state index in [2.05, 4.69) is 39.0 Å². The summed E-state index contributed by atoms with van der Waals surface area (Å²) >= 11 is 5.74. The van der Waals surface area contributed by atoms with Crippen LogP contribution >= 0.6 is 11.6 Å². The van der Waals surface area contributed by atoms with E-state index in [1.165, 1.54) is 16.7 Å². The van der Waals surface area contributed by atoms with Gasteiger partial charge in [-0.2, -0.15) is 0 Å². The van der Waals surface area contributed by atoms with Gasteiger partial charge in [0.1, 0.15) is 0 Å². The van der Waals surface area contributed by atoms with Crippen LogP contribution in [0.1, 0.15) is 36.0 Å². The van der Waals surface area contributed by atoms with Gasteiger partial charge in [0, 0.05) is 5.88 Å². The highest BCUT2D eigenvalue weighted by Gasteiger charge is 2.08. The van der Waals surface area contributed by atoms with Crippen molar-refractivity contribution in [1.82, 2.24) is 0 Å². The summed E-state index contributed by atoms with van der Waals surface area (Å²) in [6.45, 7) is 6.59. The van der Waals surface area contributed by atoms with Crippen LogP contribution in [0.25, 0.3) is 0 Å². The molecule has 0 saturated heterocycles. The van der Waals surface area contributed by atoms with Crippen molar-refractivity contribution in [3.05, 3.63) is 34.9 Å². The molecule has 1 heteroatoms. The van der Waals surface area contributed by atoms with Crippen LogP contribution in [-0.2, 0) is 0 Å². The molecule has 13 heavy (non-hydrogen) atoms. The molecule has 0 aliphatic carbocycles. The predicted octanol–water partition coefficient (Wildman–Crippen LogP) is 4.04. The Morgan fingerprint density at radius 3 is 2.62 bits per heavy atom. The smallest absolute Gasteiger partial charge is 0.0229 e. The molecule has 0 heterocycles. The van der Waals surface area contributed by atoms with Crippen LogP contribution in [0.15, 0.2) is 18.2 Å². The number of benzene rings is 1. The first-order valence-corrected chi connectivity index (χ1v) is 5.32. The maximum absolute atomic E-state index is 5.74. The van der Waals surface area contributed by atoms with Crippen molar-refractivity contribution in [2.24, 2.45) is 0 Å². The van der Waals surface area contributed by atoms with E-state index in [4.69, 9.17) is 11.6 Å². The molecular weight excluding hydrogens is 180 g/mol. The molecule has 0 spiro atoms. The first-order valence-electron chi connectivity index (χ1n) is 4.79. The predicted molar refractivity (Wildman–Crippen MR) is 59.7 cm³/mol. The summed E-state index contributed by atoms with van der Waals surface area (Å²) in [7, 11) is 0. The van der Waals surface area contributed by atoms with E-state index in [0.717, 1.165) is 12.3 Å². The van der Waals surface area contributed by atoms with E-state index in [-0.39, 0.29) is 0 Å². The molecule has 0 bridgehead atoms. The Balaban J connectivity index is 2.93. The molecule has 1 aromatic carbocycles. The molecule has 0 radical (unpaired) electrons. The van der Waals surface area contributed by atoms with Gasteiger partial charge in [0.25, 0.3) is 0 Å². The summed E-state index contributed by atoms with van der Waals surface area (Å²) in [5.41, 5.74) is 4.24. The fraction of sp³-hybridized carbons (Fsp3) is 0.500. The number of alkyl halides is 1. The largest absolute Gasteiger partial charge is 0.127 e. The van der Waals surface area contributed by atoms with Crippen LogP contribution in [0.2, 0.25) is 0 Å². The zero-order chi connectivity index (χ0) is 9.84. The zero-order valence-electron chi connectivity index (χ0n) is 8.60. The Labute approximate surface area is 85.9 Å². The average Bonchev–Trinajstić information content (AvgIpc) is 2.10. The van der Waals surface area contributed by atoms with Gasteiger partial charge in [-0.3, -0.25) is 0 Å². The van der Waals surface area contributed by atoms with Crippen LogP contribution in [0.5, 0.6) is 0 Å². The van der Waals surface area contributed by atoms with Gasteiger partial charge in [0.15, 0.2) is 0 Å². The first-order chi connectivity index (χ1) is 6.16.